The van der Waals surface area contributed by atoms with Crippen LogP contribution < -0.4 is 0 Å². The minimum absolute atomic E-state index is 0.0244. The number of aromatic nitrogens is 3. The summed E-state index contributed by atoms with van der Waals surface area (Å²) in [6.07, 6.45) is -1.19. The molecule has 0 bridgehead atoms. The predicted octanol–water partition coefficient (Wildman–Crippen LogP) is 2.34. The molecule has 2 N–H and O–H groups in total. The number of alkyl halides is 3. The summed E-state index contributed by atoms with van der Waals surface area (Å²) in [5.74, 6) is -2.70. The number of carbonyl (C=O) groups is 3. The van der Waals surface area contributed by atoms with Crippen LogP contribution >= 0.6 is 11.3 Å². The SMILES string of the molecule is CC(=O)N1CCC2(CC1)c1nc[nH]c1CCN2C(=O)c1ncsc1C.O=C(O)C(F)(F)F. The van der Waals surface area contributed by atoms with Crippen molar-refractivity contribution in [2.45, 2.75) is 44.8 Å². The Labute approximate surface area is 185 Å². The van der Waals surface area contributed by atoms with E-state index in [9.17, 15) is 22.8 Å². The fourth-order valence-corrected chi connectivity index (χ4v) is 4.68. The Bertz CT molecular complexity index is 1010. The van der Waals surface area contributed by atoms with Crippen molar-refractivity contribution in [2.24, 2.45) is 0 Å². The first-order chi connectivity index (χ1) is 15.0. The zero-order chi connectivity index (χ0) is 23.7. The number of carboxylic acids is 1. The summed E-state index contributed by atoms with van der Waals surface area (Å²) >= 11 is 1.49. The fourth-order valence-electron chi connectivity index (χ4n) is 4.11. The Balaban J connectivity index is 0.000000360. The molecule has 32 heavy (non-hydrogen) atoms. The van der Waals surface area contributed by atoms with Crippen LogP contribution in [0.1, 0.15) is 46.5 Å². The lowest BCUT2D eigenvalue weighted by Gasteiger charge is -2.50. The summed E-state index contributed by atoms with van der Waals surface area (Å²) in [5.41, 5.74) is 3.88. The molecule has 4 rings (SSSR count). The number of nitrogens with one attached hydrogen (secondary N) is 1. The highest BCUT2D eigenvalue weighted by atomic mass is 32.1. The lowest BCUT2D eigenvalue weighted by atomic mass is 9.78. The molecule has 0 unspecified atom stereocenters. The lowest BCUT2D eigenvalue weighted by molar-refractivity contribution is -0.192. The van der Waals surface area contributed by atoms with Crippen molar-refractivity contribution < 1.29 is 32.7 Å². The van der Waals surface area contributed by atoms with Crippen LogP contribution in [0.5, 0.6) is 0 Å². The first kappa shape index (κ1) is 23.7. The van der Waals surface area contributed by atoms with Crippen LogP contribution in [-0.4, -0.2) is 73.5 Å². The second-order valence-corrected chi connectivity index (χ2v) is 8.59. The van der Waals surface area contributed by atoms with Crippen LogP contribution in [-0.2, 0) is 21.5 Å². The van der Waals surface area contributed by atoms with E-state index in [1.807, 2.05) is 16.7 Å². The number of amides is 2. The number of hydrogen-bond acceptors (Lipinski definition) is 6. The van der Waals surface area contributed by atoms with Gasteiger partial charge in [0.05, 0.1) is 23.1 Å². The molecule has 1 fully saturated rings. The highest BCUT2D eigenvalue weighted by Crippen LogP contribution is 2.43. The normalized spacial score (nSPS) is 17.4. The van der Waals surface area contributed by atoms with Crippen LogP contribution in [0.15, 0.2) is 11.8 Å². The number of fused-ring (bicyclic) bond motifs is 2. The molecule has 0 aliphatic carbocycles. The van der Waals surface area contributed by atoms with Gasteiger partial charge in [0.2, 0.25) is 5.91 Å². The maximum Gasteiger partial charge on any atom is 0.490 e. The van der Waals surface area contributed by atoms with E-state index in [4.69, 9.17) is 9.90 Å². The highest BCUT2D eigenvalue weighted by molar-refractivity contribution is 7.09. The molecule has 0 radical (unpaired) electrons. The number of carbonyl (C=O) groups excluding carboxylic acids is 2. The minimum atomic E-state index is -5.08. The van der Waals surface area contributed by atoms with Crippen molar-refractivity contribution >= 4 is 29.1 Å². The molecule has 4 heterocycles. The number of carboxylic acid groups (broad SMARTS) is 1. The van der Waals surface area contributed by atoms with Gasteiger partial charge in [0, 0.05) is 43.5 Å². The topological polar surface area (TPSA) is 119 Å². The van der Waals surface area contributed by atoms with Crippen molar-refractivity contribution in [3.63, 3.8) is 0 Å². The van der Waals surface area contributed by atoms with Gasteiger partial charge in [0.15, 0.2) is 0 Å². The number of H-pyrrole nitrogens is 1. The summed E-state index contributed by atoms with van der Waals surface area (Å²) < 4.78 is 31.7. The quantitative estimate of drug-likeness (QED) is 0.656. The second kappa shape index (κ2) is 8.88. The van der Waals surface area contributed by atoms with E-state index in [1.165, 1.54) is 11.3 Å². The number of halogens is 3. The summed E-state index contributed by atoms with van der Waals surface area (Å²) in [6, 6.07) is 0. The van der Waals surface area contributed by atoms with E-state index in [2.05, 4.69) is 15.0 Å². The summed E-state index contributed by atoms with van der Waals surface area (Å²) in [4.78, 5) is 50.7. The van der Waals surface area contributed by atoms with Gasteiger partial charge in [0.25, 0.3) is 5.91 Å². The van der Waals surface area contributed by atoms with Crippen molar-refractivity contribution in [3.05, 3.63) is 33.8 Å². The first-order valence-corrected chi connectivity index (χ1v) is 10.7. The number of aryl methyl sites for hydroxylation is 1. The van der Waals surface area contributed by atoms with E-state index >= 15 is 0 Å². The van der Waals surface area contributed by atoms with Crippen LogP contribution in [0.3, 0.4) is 0 Å². The maximum absolute atomic E-state index is 13.3. The number of hydrogen-bond donors (Lipinski definition) is 2. The van der Waals surface area contributed by atoms with Gasteiger partial charge in [-0.25, -0.2) is 14.8 Å². The van der Waals surface area contributed by atoms with Gasteiger partial charge in [0.1, 0.15) is 5.69 Å². The molecule has 2 amide bonds. The highest BCUT2D eigenvalue weighted by Gasteiger charge is 2.49. The largest absolute Gasteiger partial charge is 0.490 e. The monoisotopic (exact) mass is 473 g/mol. The second-order valence-electron chi connectivity index (χ2n) is 7.53. The third kappa shape index (κ3) is 4.47. The van der Waals surface area contributed by atoms with Crippen LogP contribution in [0.4, 0.5) is 13.2 Å². The van der Waals surface area contributed by atoms with E-state index in [0.29, 0.717) is 38.2 Å². The van der Waals surface area contributed by atoms with Crippen molar-refractivity contribution in [3.8, 4) is 0 Å². The molecule has 0 aromatic carbocycles. The van der Waals surface area contributed by atoms with Gasteiger partial charge in [-0.1, -0.05) is 0 Å². The van der Waals surface area contributed by atoms with Gasteiger partial charge in [-0.05, 0) is 19.8 Å². The number of nitrogens with zero attached hydrogens (tertiary/aromatic N) is 4. The number of aromatic amines is 1. The van der Waals surface area contributed by atoms with Crippen molar-refractivity contribution in [2.75, 3.05) is 19.6 Å². The lowest BCUT2D eigenvalue weighted by Crippen LogP contribution is -2.58. The van der Waals surface area contributed by atoms with E-state index in [-0.39, 0.29) is 11.8 Å². The zero-order valence-electron chi connectivity index (χ0n) is 17.4. The molecule has 174 valence electrons. The van der Waals surface area contributed by atoms with Crippen LogP contribution in [0.2, 0.25) is 0 Å². The van der Waals surface area contributed by atoms with Gasteiger partial charge in [-0.2, -0.15) is 13.2 Å². The fraction of sp³-hybridized carbons (Fsp3) is 0.526. The van der Waals surface area contributed by atoms with Gasteiger partial charge < -0.3 is 19.9 Å². The van der Waals surface area contributed by atoms with Gasteiger partial charge in [-0.3, -0.25) is 9.59 Å². The molecule has 0 atom stereocenters. The molecule has 13 heteroatoms. The number of aliphatic carboxylic acids is 1. The Morgan fingerprint density at radius 3 is 2.31 bits per heavy atom. The average molecular weight is 473 g/mol. The van der Waals surface area contributed by atoms with Crippen LogP contribution in [0, 0.1) is 6.92 Å². The van der Waals surface area contributed by atoms with E-state index < -0.39 is 17.7 Å². The maximum atomic E-state index is 13.3. The average Bonchev–Trinajstić information content (AvgIpc) is 3.37. The molecule has 2 aromatic rings. The van der Waals surface area contributed by atoms with Crippen molar-refractivity contribution in [1.29, 1.82) is 0 Å². The third-order valence-corrected chi connectivity index (χ3v) is 6.49. The molecule has 1 saturated heterocycles. The van der Waals surface area contributed by atoms with E-state index in [0.717, 1.165) is 22.7 Å². The Hall–Kier alpha value is -2.96. The predicted molar refractivity (Wildman–Crippen MR) is 107 cm³/mol. The van der Waals surface area contributed by atoms with Crippen molar-refractivity contribution in [1.82, 2.24) is 24.8 Å². The molecule has 2 aliphatic rings. The summed E-state index contributed by atoms with van der Waals surface area (Å²) in [7, 11) is 0. The standard InChI is InChI=1S/C17H21N5O2S.C2HF3O2/c1-11-14(20-10-25-11)16(24)22-6-3-13-15(19-9-18-13)17(22)4-7-21(8-5-17)12(2)23;3-2(4,5)1(6)7/h9-10H,3-8H2,1-2H3,(H,18,19);(H,6,7). The number of rotatable bonds is 1. The number of thiazole rings is 1. The first-order valence-electron chi connectivity index (χ1n) is 9.78. The third-order valence-electron chi connectivity index (χ3n) is 5.73. The molecular formula is C19H22F3N5O4S. The molecule has 2 aliphatic heterocycles. The number of piperidine rings is 1. The van der Waals surface area contributed by atoms with Crippen LogP contribution in [0.25, 0.3) is 0 Å². The summed E-state index contributed by atoms with van der Waals surface area (Å²) in [5, 5.41) is 7.12. The molecule has 9 nitrogen and oxygen atoms in total. The summed E-state index contributed by atoms with van der Waals surface area (Å²) in [6.45, 7) is 5.45. The number of likely N-dealkylation sites (tertiary alicyclic amines) is 1. The molecule has 1 spiro atoms. The van der Waals surface area contributed by atoms with E-state index in [1.54, 1.807) is 18.8 Å². The Morgan fingerprint density at radius 2 is 1.81 bits per heavy atom. The van der Waals surface area contributed by atoms with Gasteiger partial charge in [-0.15, -0.1) is 11.3 Å². The molecule has 0 saturated carbocycles. The Kier molecular flexibility index (Phi) is 6.58. The number of imidazole rings is 1. The minimum Gasteiger partial charge on any atom is -0.475 e. The van der Waals surface area contributed by atoms with Gasteiger partial charge >= 0.3 is 12.1 Å². The Morgan fingerprint density at radius 1 is 1.19 bits per heavy atom. The molecule has 2 aromatic heterocycles. The molecular weight excluding hydrogens is 451 g/mol. The zero-order valence-corrected chi connectivity index (χ0v) is 18.2. The smallest absolute Gasteiger partial charge is 0.475 e.